The van der Waals surface area contributed by atoms with Crippen molar-refractivity contribution in [2.45, 2.75) is 26.4 Å². The predicted octanol–water partition coefficient (Wildman–Crippen LogP) is 1.27. The molecule has 78 valence electrons. The minimum Gasteiger partial charge on any atom is -0.460 e. The minimum atomic E-state index is -0.414. The summed E-state index contributed by atoms with van der Waals surface area (Å²) in [5, 5.41) is 0. The van der Waals surface area contributed by atoms with Crippen LogP contribution in [0.1, 0.15) is 20.8 Å². The summed E-state index contributed by atoms with van der Waals surface area (Å²) in [4.78, 5) is 11.5. The number of ether oxygens (including phenoxy) is 1. The third-order valence-corrected chi connectivity index (χ3v) is 2.13. The number of carbonyl (C=O) groups excluding carboxylic acids is 1. The van der Waals surface area contributed by atoms with Crippen LogP contribution in [-0.4, -0.2) is 30.1 Å². The van der Waals surface area contributed by atoms with E-state index in [4.69, 9.17) is 10.5 Å². The number of hydrogen-bond donors (Lipinski definition) is 1. The first-order valence-corrected chi connectivity index (χ1v) is 5.72. The Labute approximate surface area is 84.4 Å². The molecule has 0 aromatic carbocycles. The molecule has 0 amide bonds. The number of hydrogen-bond acceptors (Lipinski definition) is 4. The summed E-state index contributed by atoms with van der Waals surface area (Å²) < 4.78 is 5.21. The molecular weight excluding hydrogens is 186 g/mol. The van der Waals surface area contributed by atoms with E-state index in [2.05, 4.69) is 0 Å². The number of rotatable bonds is 4. The van der Waals surface area contributed by atoms with E-state index in [0.29, 0.717) is 6.54 Å². The lowest BCUT2D eigenvalue weighted by Crippen LogP contribution is -2.33. The fourth-order valence-electron chi connectivity index (χ4n) is 0.819. The van der Waals surface area contributed by atoms with E-state index in [1.807, 2.05) is 27.0 Å². The van der Waals surface area contributed by atoms with Crippen LogP contribution in [0.4, 0.5) is 0 Å². The Morgan fingerprint density at radius 1 is 1.54 bits per heavy atom. The molecule has 1 atom stereocenters. The van der Waals surface area contributed by atoms with Gasteiger partial charge in [0.1, 0.15) is 5.60 Å². The smallest absolute Gasteiger partial charge is 0.311 e. The molecular formula is C9H19NO2S. The summed E-state index contributed by atoms with van der Waals surface area (Å²) >= 11 is 1.61. The Hall–Kier alpha value is -0.220. The maximum atomic E-state index is 11.5. The first kappa shape index (κ1) is 12.8. The zero-order valence-electron chi connectivity index (χ0n) is 8.79. The van der Waals surface area contributed by atoms with Crippen LogP contribution in [0.3, 0.4) is 0 Å². The molecule has 0 aromatic heterocycles. The summed E-state index contributed by atoms with van der Waals surface area (Å²) in [6, 6.07) is 0. The van der Waals surface area contributed by atoms with Crippen LogP contribution in [0.5, 0.6) is 0 Å². The van der Waals surface area contributed by atoms with E-state index in [9.17, 15) is 4.79 Å². The molecule has 0 aliphatic rings. The van der Waals surface area contributed by atoms with Crippen molar-refractivity contribution in [3.8, 4) is 0 Å². The van der Waals surface area contributed by atoms with Gasteiger partial charge in [-0.3, -0.25) is 4.79 Å². The van der Waals surface area contributed by atoms with Crippen LogP contribution < -0.4 is 5.73 Å². The average Bonchev–Trinajstić information content (AvgIpc) is 1.96. The average molecular weight is 205 g/mol. The van der Waals surface area contributed by atoms with Crippen LogP contribution in [0, 0.1) is 5.92 Å². The van der Waals surface area contributed by atoms with Gasteiger partial charge in [0.05, 0.1) is 5.92 Å². The molecule has 4 heteroatoms. The van der Waals surface area contributed by atoms with Gasteiger partial charge in [-0.15, -0.1) is 0 Å². The highest BCUT2D eigenvalue weighted by Gasteiger charge is 2.23. The van der Waals surface area contributed by atoms with Crippen molar-refractivity contribution >= 4 is 17.7 Å². The van der Waals surface area contributed by atoms with E-state index in [0.717, 1.165) is 5.75 Å². The maximum Gasteiger partial charge on any atom is 0.311 e. The van der Waals surface area contributed by atoms with Crippen molar-refractivity contribution in [3.05, 3.63) is 0 Å². The minimum absolute atomic E-state index is 0.172. The van der Waals surface area contributed by atoms with E-state index in [1.54, 1.807) is 11.8 Å². The summed E-state index contributed by atoms with van der Waals surface area (Å²) in [6.07, 6.45) is 1.95. The van der Waals surface area contributed by atoms with E-state index >= 15 is 0 Å². The van der Waals surface area contributed by atoms with Crippen LogP contribution in [-0.2, 0) is 9.53 Å². The molecule has 0 aliphatic heterocycles. The standard InChI is InChI=1S/C9H19NO2S/c1-9(2,3)12-8(11)7(5-10)6-13-4/h7H,5-6,10H2,1-4H3. The highest BCUT2D eigenvalue weighted by Crippen LogP contribution is 2.13. The third-order valence-electron chi connectivity index (χ3n) is 1.39. The molecule has 3 nitrogen and oxygen atoms in total. The summed E-state index contributed by atoms with van der Waals surface area (Å²) in [6.45, 7) is 5.93. The second-order valence-corrected chi connectivity index (χ2v) is 4.83. The van der Waals surface area contributed by atoms with Crippen LogP contribution in [0.2, 0.25) is 0 Å². The molecule has 0 aliphatic carbocycles. The van der Waals surface area contributed by atoms with Crippen molar-refractivity contribution in [3.63, 3.8) is 0 Å². The molecule has 0 bridgehead atoms. The van der Waals surface area contributed by atoms with Crippen molar-refractivity contribution < 1.29 is 9.53 Å². The molecule has 0 heterocycles. The van der Waals surface area contributed by atoms with Crippen molar-refractivity contribution in [2.75, 3.05) is 18.6 Å². The van der Waals surface area contributed by atoms with Gasteiger partial charge in [-0.1, -0.05) is 0 Å². The Morgan fingerprint density at radius 3 is 2.38 bits per heavy atom. The van der Waals surface area contributed by atoms with E-state index in [-0.39, 0.29) is 11.9 Å². The van der Waals surface area contributed by atoms with Crippen LogP contribution in [0.15, 0.2) is 0 Å². The fourth-order valence-corrected chi connectivity index (χ4v) is 1.49. The van der Waals surface area contributed by atoms with Crippen LogP contribution >= 0.6 is 11.8 Å². The first-order valence-electron chi connectivity index (χ1n) is 4.32. The molecule has 0 aromatic rings. The monoisotopic (exact) mass is 205 g/mol. The zero-order valence-corrected chi connectivity index (χ0v) is 9.61. The second kappa shape index (κ2) is 5.50. The maximum absolute atomic E-state index is 11.5. The molecule has 0 radical (unpaired) electrons. The fraction of sp³-hybridized carbons (Fsp3) is 0.889. The Bertz CT molecular complexity index is 165. The number of thioether (sulfide) groups is 1. The lowest BCUT2D eigenvalue weighted by molar-refractivity contribution is -0.158. The molecule has 0 rings (SSSR count). The molecule has 0 saturated heterocycles. The number of esters is 1. The largest absolute Gasteiger partial charge is 0.460 e. The zero-order chi connectivity index (χ0) is 10.5. The van der Waals surface area contributed by atoms with Gasteiger partial charge < -0.3 is 10.5 Å². The van der Waals surface area contributed by atoms with Gasteiger partial charge in [-0.2, -0.15) is 11.8 Å². The lowest BCUT2D eigenvalue weighted by Gasteiger charge is -2.22. The van der Waals surface area contributed by atoms with Crippen molar-refractivity contribution in [1.29, 1.82) is 0 Å². The summed E-state index contributed by atoms with van der Waals surface area (Å²) in [5.74, 6) is 0.365. The van der Waals surface area contributed by atoms with E-state index in [1.165, 1.54) is 0 Å². The first-order chi connectivity index (χ1) is 5.90. The summed E-state index contributed by atoms with van der Waals surface area (Å²) in [7, 11) is 0. The molecule has 2 N–H and O–H groups in total. The van der Waals surface area contributed by atoms with Crippen LogP contribution in [0.25, 0.3) is 0 Å². The quantitative estimate of drug-likeness (QED) is 0.702. The van der Waals surface area contributed by atoms with Gasteiger partial charge in [-0.25, -0.2) is 0 Å². The molecule has 1 unspecified atom stereocenters. The van der Waals surface area contributed by atoms with Crippen molar-refractivity contribution in [1.82, 2.24) is 0 Å². The van der Waals surface area contributed by atoms with Gasteiger partial charge in [0.2, 0.25) is 0 Å². The SMILES string of the molecule is CSCC(CN)C(=O)OC(C)(C)C. The molecule has 13 heavy (non-hydrogen) atoms. The normalized spacial score (nSPS) is 13.9. The number of nitrogens with two attached hydrogens (primary N) is 1. The molecule has 0 spiro atoms. The third kappa shape index (κ3) is 5.93. The highest BCUT2D eigenvalue weighted by molar-refractivity contribution is 7.98. The van der Waals surface area contributed by atoms with E-state index < -0.39 is 5.60 Å². The van der Waals surface area contributed by atoms with Gasteiger partial charge in [0, 0.05) is 12.3 Å². The topological polar surface area (TPSA) is 52.3 Å². The predicted molar refractivity (Wildman–Crippen MR) is 56.8 cm³/mol. The molecule has 0 saturated carbocycles. The Balaban J connectivity index is 4.06. The highest BCUT2D eigenvalue weighted by atomic mass is 32.2. The molecule has 0 fully saturated rings. The Morgan fingerprint density at radius 2 is 2.08 bits per heavy atom. The van der Waals surface area contributed by atoms with Gasteiger partial charge in [-0.05, 0) is 27.0 Å². The summed E-state index contributed by atoms with van der Waals surface area (Å²) in [5.41, 5.74) is 5.05. The number of carbonyl (C=O) groups is 1. The second-order valence-electron chi connectivity index (χ2n) is 3.92. The van der Waals surface area contributed by atoms with Gasteiger partial charge in [0.15, 0.2) is 0 Å². The van der Waals surface area contributed by atoms with Gasteiger partial charge >= 0.3 is 5.97 Å². The lowest BCUT2D eigenvalue weighted by atomic mass is 10.1. The Kier molecular flexibility index (Phi) is 5.40. The van der Waals surface area contributed by atoms with Gasteiger partial charge in [0.25, 0.3) is 0 Å². The van der Waals surface area contributed by atoms with Crippen molar-refractivity contribution in [2.24, 2.45) is 11.7 Å².